The Balaban J connectivity index is 0.00000225. The molecule has 2 saturated heterocycles. The molecule has 6 heteroatoms. The van der Waals surface area contributed by atoms with Gasteiger partial charge in [-0.25, -0.2) is 0 Å². The molecule has 0 aromatic heterocycles. The number of hydrogen-bond acceptors (Lipinski definition) is 3. The van der Waals surface area contributed by atoms with Crippen molar-refractivity contribution in [2.75, 3.05) is 39.4 Å². The van der Waals surface area contributed by atoms with Crippen LogP contribution in [0.5, 0.6) is 0 Å². The summed E-state index contributed by atoms with van der Waals surface area (Å²) in [5, 5.41) is 3.43. The van der Waals surface area contributed by atoms with Crippen LogP contribution in [0.25, 0.3) is 0 Å². The average Bonchev–Trinajstić information content (AvgIpc) is 3.17. The SMILES string of the molecule is CCNC(=NCCc1ccccc1)N1CCOC(C2CCCO2)C1.I. The first-order valence-electron chi connectivity index (χ1n) is 9.17. The van der Waals surface area contributed by atoms with Crippen LogP contribution < -0.4 is 5.32 Å². The molecule has 0 amide bonds. The molecule has 5 nitrogen and oxygen atoms in total. The minimum atomic E-state index is 0. The van der Waals surface area contributed by atoms with Gasteiger partial charge in [-0.2, -0.15) is 0 Å². The molecule has 0 aliphatic carbocycles. The maximum atomic E-state index is 5.94. The highest BCUT2D eigenvalue weighted by Gasteiger charge is 2.32. The highest BCUT2D eigenvalue weighted by Crippen LogP contribution is 2.21. The van der Waals surface area contributed by atoms with E-state index in [-0.39, 0.29) is 36.2 Å². The zero-order valence-electron chi connectivity index (χ0n) is 15.0. The van der Waals surface area contributed by atoms with E-state index in [0.717, 1.165) is 64.6 Å². The first kappa shape index (κ1) is 20.5. The van der Waals surface area contributed by atoms with Crippen LogP contribution in [0.15, 0.2) is 35.3 Å². The van der Waals surface area contributed by atoms with Gasteiger partial charge in [0.2, 0.25) is 0 Å². The summed E-state index contributed by atoms with van der Waals surface area (Å²) in [6.45, 7) is 7.16. The molecule has 1 aromatic carbocycles. The van der Waals surface area contributed by atoms with E-state index < -0.39 is 0 Å². The normalized spacial score (nSPS) is 24.0. The van der Waals surface area contributed by atoms with Gasteiger partial charge in [-0.1, -0.05) is 30.3 Å². The summed E-state index contributed by atoms with van der Waals surface area (Å²) in [7, 11) is 0. The topological polar surface area (TPSA) is 46.1 Å². The molecule has 0 bridgehead atoms. The molecule has 1 N–H and O–H groups in total. The molecule has 2 atom stereocenters. The lowest BCUT2D eigenvalue weighted by Crippen LogP contribution is -2.53. The van der Waals surface area contributed by atoms with Crippen molar-refractivity contribution < 1.29 is 9.47 Å². The van der Waals surface area contributed by atoms with Crippen molar-refractivity contribution in [3.8, 4) is 0 Å². The van der Waals surface area contributed by atoms with E-state index in [1.807, 2.05) is 0 Å². The number of morpholine rings is 1. The summed E-state index contributed by atoms with van der Waals surface area (Å²) in [6.07, 6.45) is 3.64. The second kappa shape index (κ2) is 11.0. The number of rotatable bonds is 5. The van der Waals surface area contributed by atoms with Crippen LogP contribution in [-0.4, -0.2) is 62.5 Å². The van der Waals surface area contributed by atoms with Gasteiger partial charge in [-0.15, -0.1) is 24.0 Å². The molecule has 140 valence electrons. The van der Waals surface area contributed by atoms with Crippen molar-refractivity contribution in [1.29, 1.82) is 0 Å². The highest BCUT2D eigenvalue weighted by atomic mass is 127. The quantitative estimate of drug-likeness (QED) is 0.418. The highest BCUT2D eigenvalue weighted by molar-refractivity contribution is 14.0. The Morgan fingerprint density at radius 1 is 1.20 bits per heavy atom. The molecule has 2 unspecified atom stereocenters. The fourth-order valence-corrected chi connectivity index (χ4v) is 3.35. The molecule has 1 aromatic rings. The summed E-state index contributed by atoms with van der Waals surface area (Å²) in [4.78, 5) is 7.15. The van der Waals surface area contributed by atoms with E-state index in [1.165, 1.54) is 5.56 Å². The van der Waals surface area contributed by atoms with Crippen molar-refractivity contribution in [3.63, 3.8) is 0 Å². The number of benzene rings is 1. The minimum Gasteiger partial charge on any atom is -0.375 e. The lowest BCUT2D eigenvalue weighted by atomic mass is 10.1. The molecule has 2 heterocycles. The van der Waals surface area contributed by atoms with Crippen LogP contribution in [-0.2, 0) is 15.9 Å². The zero-order valence-corrected chi connectivity index (χ0v) is 17.4. The predicted molar refractivity (Wildman–Crippen MR) is 112 cm³/mol. The van der Waals surface area contributed by atoms with Crippen LogP contribution in [0.2, 0.25) is 0 Å². The maximum absolute atomic E-state index is 5.94. The van der Waals surface area contributed by atoms with Gasteiger partial charge in [0, 0.05) is 32.8 Å². The molecule has 0 radical (unpaired) electrons. The van der Waals surface area contributed by atoms with Crippen molar-refractivity contribution in [2.24, 2.45) is 4.99 Å². The van der Waals surface area contributed by atoms with Crippen molar-refractivity contribution in [2.45, 2.75) is 38.4 Å². The van der Waals surface area contributed by atoms with Crippen molar-refractivity contribution in [3.05, 3.63) is 35.9 Å². The molecule has 2 aliphatic heterocycles. The summed E-state index contributed by atoms with van der Waals surface area (Å²) in [6, 6.07) is 10.5. The van der Waals surface area contributed by atoms with Crippen LogP contribution in [0.4, 0.5) is 0 Å². The number of nitrogens with one attached hydrogen (secondary N) is 1. The Bertz CT molecular complexity index is 521. The van der Waals surface area contributed by atoms with Gasteiger partial charge in [0.05, 0.1) is 12.7 Å². The van der Waals surface area contributed by atoms with E-state index in [1.54, 1.807) is 0 Å². The summed E-state index contributed by atoms with van der Waals surface area (Å²) < 4.78 is 11.8. The Hall–Kier alpha value is -0.860. The second-order valence-electron chi connectivity index (χ2n) is 6.38. The molecule has 0 spiro atoms. The fraction of sp³-hybridized carbons (Fsp3) is 0.632. The lowest BCUT2D eigenvalue weighted by Gasteiger charge is -2.37. The largest absolute Gasteiger partial charge is 0.375 e. The maximum Gasteiger partial charge on any atom is 0.194 e. The number of nitrogens with zero attached hydrogens (tertiary/aromatic N) is 2. The average molecular weight is 459 g/mol. The summed E-state index contributed by atoms with van der Waals surface area (Å²) in [5.41, 5.74) is 1.33. The Morgan fingerprint density at radius 2 is 2.00 bits per heavy atom. The van der Waals surface area contributed by atoms with Gasteiger partial charge in [-0.3, -0.25) is 4.99 Å². The summed E-state index contributed by atoms with van der Waals surface area (Å²) in [5.74, 6) is 1.000. The van der Waals surface area contributed by atoms with E-state index >= 15 is 0 Å². The first-order valence-corrected chi connectivity index (χ1v) is 9.17. The van der Waals surface area contributed by atoms with E-state index in [9.17, 15) is 0 Å². The van der Waals surface area contributed by atoms with Gasteiger partial charge in [0.1, 0.15) is 6.10 Å². The first-order chi connectivity index (χ1) is 11.9. The molecule has 0 saturated carbocycles. The molecule has 2 aliphatic rings. The standard InChI is InChI=1S/C19H29N3O2.HI/c1-2-20-19(21-11-10-16-7-4-3-5-8-16)22-12-14-24-18(15-22)17-9-6-13-23-17;/h3-5,7-8,17-18H,2,6,9-15H2,1H3,(H,20,21);1H. The Morgan fingerprint density at radius 3 is 2.72 bits per heavy atom. The van der Waals surface area contributed by atoms with Crippen molar-refractivity contribution >= 4 is 29.9 Å². The smallest absolute Gasteiger partial charge is 0.194 e. The summed E-state index contributed by atoms with van der Waals surface area (Å²) >= 11 is 0. The number of ether oxygens (including phenoxy) is 2. The van der Waals surface area contributed by atoms with Gasteiger partial charge >= 0.3 is 0 Å². The van der Waals surface area contributed by atoms with Gasteiger partial charge in [-0.05, 0) is 31.7 Å². The second-order valence-corrected chi connectivity index (χ2v) is 6.38. The zero-order chi connectivity index (χ0) is 16.6. The van der Waals surface area contributed by atoms with E-state index in [2.05, 4.69) is 47.5 Å². The van der Waals surface area contributed by atoms with E-state index in [0.29, 0.717) is 0 Å². The number of guanidine groups is 1. The molecular weight excluding hydrogens is 429 g/mol. The Kier molecular flexibility index (Phi) is 8.98. The van der Waals surface area contributed by atoms with E-state index in [4.69, 9.17) is 14.5 Å². The third-order valence-electron chi connectivity index (χ3n) is 4.61. The fourth-order valence-electron chi connectivity index (χ4n) is 3.35. The van der Waals surface area contributed by atoms with Gasteiger partial charge < -0.3 is 19.7 Å². The number of aliphatic imine (C=N–C) groups is 1. The van der Waals surface area contributed by atoms with Crippen LogP contribution >= 0.6 is 24.0 Å². The van der Waals surface area contributed by atoms with Crippen molar-refractivity contribution in [1.82, 2.24) is 10.2 Å². The third kappa shape index (κ3) is 6.11. The lowest BCUT2D eigenvalue weighted by molar-refractivity contribution is -0.0817. The Labute approximate surface area is 168 Å². The minimum absolute atomic E-state index is 0. The predicted octanol–water partition coefficient (Wildman–Crippen LogP) is 2.69. The van der Waals surface area contributed by atoms with Crippen LogP contribution in [0, 0.1) is 0 Å². The third-order valence-corrected chi connectivity index (χ3v) is 4.61. The monoisotopic (exact) mass is 459 g/mol. The number of hydrogen-bond donors (Lipinski definition) is 1. The molecular formula is C19H30IN3O2. The van der Waals surface area contributed by atoms with Crippen LogP contribution in [0.1, 0.15) is 25.3 Å². The number of halogens is 1. The van der Waals surface area contributed by atoms with Gasteiger partial charge in [0.15, 0.2) is 5.96 Å². The molecule has 25 heavy (non-hydrogen) atoms. The van der Waals surface area contributed by atoms with Gasteiger partial charge in [0.25, 0.3) is 0 Å². The molecule has 2 fully saturated rings. The van der Waals surface area contributed by atoms with Crippen LogP contribution in [0.3, 0.4) is 0 Å². The molecule has 3 rings (SSSR count).